The maximum Gasteiger partial charge on any atom is 0.285 e. The van der Waals surface area contributed by atoms with Crippen molar-refractivity contribution in [1.82, 2.24) is 29.8 Å². The first-order valence-electron chi connectivity index (χ1n) is 9.93. The zero-order valence-electron chi connectivity index (χ0n) is 18.3. The fourth-order valence-corrected chi connectivity index (χ4v) is 4.11. The van der Waals surface area contributed by atoms with E-state index in [9.17, 15) is 8.42 Å². The van der Waals surface area contributed by atoms with E-state index in [1.165, 1.54) is 17.3 Å². The standard InChI is InChI=1S/C19H27N9O2S/c1-6-11-26(5)18-23-17(22-14(2)3)24-19(25-18)28(27-12-20-21-13-27)31(29,30)16-9-7-15(4)8-10-16/h7-10,12-14H,6,11H2,1-5H3,(H,22,23,24,25). The molecule has 0 unspecified atom stereocenters. The Morgan fingerprint density at radius 1 is 1.03 bits per heavy atom. The number of nitrogens with zero attached hydrogens (tertiary/aromatic N) is 8. The van der Waals surface area contributed by atoms with E-state index in [-0.39, 0.29) is 22.8 Å². The van der Waals surface area contributed by atoms with Crippen molar-refractivity contribution in [3.05, 3.63) is 42.5 Å². The Morgan fingerprint density at radius 3 is 2.23 bits per heavy atom. The largest absolute Gasteiger partial charge is 0.352 e. The summed E-state index contributed by atoms with van der Waals surface area (Å²) in [5, 5.41) is 10.6. The quantitative estimate of drug-likeness (QED) is 0.527. The van der Waals surface area contributed by atoms with Gasteiger partial charge in [0.25, 0.3) is 16.0 Å². The summed E-state index contributed by atoms with van der Waals surface area (Å²) in [6, 6.07) is 6.59. The number of aromatic nitrogens is 6. The van der Waals surface area contributed by atoms with E-state index in [0.717, 1.165) is 16.4 Å². The third-order valence-corrected chi connectivity index (χ3v) is 5.94. The van der Waals surface area contributed by atoms with Gasteiger partial charge < -0.3 is 10.2 Å². The van der Waals surface area contributed by atoms with E-state index in [0.29, 0.717) is 12.5 Å². The van der Waals surface area contributed by atoms with Gasteiger partial charge in [-0.15, -0.1) is 14.6 Å². The predicted molar refractivity (Wildman–Crippen MR) is 118 cm³/mol. The van der Waals surface area contributed by atoms with Crippen LogP contribution in [0.5, 0.6) is 0 Å². The van der Waals surface area contributed by atoms with Crippen LogP contribution in [0.3, 0.4) is 0 Å². The first kappa shape index (κ1) is 22.4. The smallest absolute Gasteiger partial charge is 0.285 e. The maximum atomic E-state index is 13.6. The lowest BCUT2D eigenvalue weighted by Gasteiger charge is -2.24. The van der Waals surface area contributed by atoms with Gasteiger partial charge in [0.1, 0.15) is 12.7 Å². The summed E-state index contributed by atoms with van der Waals surface area (Å²) in [5.74, 6) is 0.554. The van der Waals surface area contributed by atoms with Crippen LogP contribution in [0.4, 0.5) is 17.8 Å². The molecule has 3 aromatic rings. The summed E-state index contributed by atoms with van der Waals surface area (Å²) < 4.78 is 29.4. The molecule has 166 valence electrons. The predicted octanol–water partition coefficient (Wildman–Crippen LogP) is 2.10. The van der Waals surface area contributed by atoms with E-state index in [2.05, 4.69) is 30.5 Å². The number of hydrogen-bond acceptors (Lipinski definition) is 9. The molecule has 0 saturated heterocycles. The molecule has 2 aromatic heterocycles. The van der Waals surface area contributed by atoms with Gasteiger partial charge in [0.2, 0.25) is 11.9 Å². The Bertz CT molecular complexity index is 1100. The van der Waals surface area contributed by atoms with E-state index in [4.69, 9.17) is 0 Å². The fourth-order valence-electron chi connectivity index (χ4n) is 2.80. The number of rotatable bonds is 9. The highest BCUT2D eigenvalue weighted by Gasteiger charge is 2.31. The highest BCUT2D eigenvalue weighted by atomic mass is 32.2. The SMILES string of the molecule is CCCN(C)c1nc(NC(C)C)nc(N(n2cnnc2)S(=O)(=O)c2ccc(C)cc2)n1. The number of nitrogens with one attached hydrogen (secondary N) is 1. The molecule has 1 aromatic carbocycles. The third kappa shape index (κ3) is 5.08. The summed E-state index contributed by atoms with van der Waals surface area (Å²) in [7, 11) is -2.23. The summed E-state index contributed by atoms with van der Waals surface area (Å²) in [6.07, 6.45) is 3.43. The molecule has 0 saturated carbocycles. The van der Waals surface area contributed by atoms with Gasteiger partial charge in [0, 0.05) is 19.6 Å². The lowest BCUT2D eigenvalue weighted by atomic mass is 10.2. The van der Waals surface area contributed by atoms with E-state index < -0.39 is 10.0 Å². The van der Waals surface area contributed by atoms with Crippen LogP contribution in [0, 0.1) is 6.92 Å². The fraction of sp³-hybridized carbons (Fsp3) is 0.421. The summed E-state index contributed by atoms with van der Waals surface area (Å²) >= 11 is 0. The second-order valence-corrected chi connectivity index (χ2v) is 9.15. The van der Waals surface area contributed by atoms with Crippen molar-refractivity contribution in [3.8, 4) is 0 Å². The number of benzene rings is 1. The van der Waals surface area contributed by atoms with Crippen LogP contribution in [0.15, 0.2) is 41.8 Å². The number of aryl methyl sites for hydroxylation is 1. The molecule has 12 heteroatoms. The van der Waals surface area contributed by atoms with Gasteiger partial charge in [-0.25, -0.2) is 4.68 Å². The van der Waals surface area contributed by atoms with Crippen LogP contribution >= 0.6 is 0 Å². The molecule has 0 atom stereocenters. The molecule has 0 bridgehead atoms. The maximum absolute atomic E-state index is 13.6. The number of hydrogen-bond donors (Lipinski definition) is 1. The zero-order chi connectivity index (χ0) is 22.6. The normalized spacial score (nSPS) is 11.5. The van der Waals surface area contributed by atoms with Crippen molar-refractivity contribution in [2.75, 3.05) is 28.2 Å². The van der Waals surface area contributed by atoms with Gasteiger partial charge in [-0.3, -0.25) is 0 Å². The van der Waals surface area contributed by atoms with Crippen LogP contribution in [0.2, 0.25) is 0 Å². The zero-order valence-corrected chi connectivity index (χ0v) is 19.1. The molecule has 2 heterocycles. The van der Waals surface area contributed by atoms with Crippen molar-refractivity contribution < 1.29 is 8.42 Å². The summed E-state index contributed by atoms with van der Waals surface area (Å²) in [5.41, 5.74) is 0.946. The van der Waals surface area contributed by atoms with E-state index >= 15 is 0 Å². The average molecular weight is 446 g/mol. The topological polar surface area (TPSA) is 122 Å². The van der Waals surface area contributed by atoms with Crippen LogP contribution in [-0.4, -0.2) is 57.9 Å². The molecule has 0 spiro atoms. The van der Waals surface area contributed by atoms with Crippen molar-refractivity contribution in [1.29, 1.82) is 0 Å². The molecule has 3 rings (SSSR count). The molecule has 0 aliphatic heterocycles. The molecule has 0 fully saturated rings. The van der Waals surface area contributed by atoms with Gasteiger partial charge >= 0.3 is 0 Å². The first-order chi connectivity index (χ1) is 14.7. The van der Waals surface area contributed by atoms with Crippen molar-refractivity contribution >= 4 is 27.9 Å². The monoisotopic (exact) mass is 445 g/mol. The lowest BCUT2D eigenvalue weighted by molar-refractivity contribution is 0.581. The van der Waals surface area contributed by atoms with Crippen LogP contribution in [0.25, 0.3) is 0 Å². The van der Waals surface area contributed by atoms with Gasteiger partial charge in [-0.1, -0.05) is 24.6 Å². The molecular weight excluding hydrogens is 418 g/mol. The van der Waals surface area contributed by atoms with Crippen molar-refractivity contribution in [3.63, 3.8) is 0 Å². The lowest BCUT2D eigenvalue weighted by Crippen LogP contribution is -2.37. The van der Waals surface area contributed by atoms with E-state index in [1.54, 1.807) is 24.3 Å². The first-order valence-corrected chi connectivity index (χ1v) is 11.4. The van der Waals surface area contributed by atoms with Crippen molar-refractivity contribution in [2.24, 2.45) is 0 Å². The van der Waals surface area contributed by atoms with Gasteiger partial charge in [-0.05, 0) is 39.3 Å². The van der Waals surface area contributed by atoms with Gasteiger partial charge in [0.15, 0.2) is 0 Å². The Balaban J connectivity index is 2.19. The molecule has 0 amide bonds. The average Bonchev–Trinajstić information content (AvgIpc) is 3.21. The van der Waals surface area contributed by atoms with Gasteiger partial charge in [0.05, 0.1) is 4.90 Å². The molecule has 11 nitrogen and oxygen atoms in total. The van der Waals surface area contributed by atoms with Crippen LogP contribution < -0.4 is 14.6 Å². The van der Waals surface area contributed by atoms with Crippen LogP contribution in [-0.2, 0) is 10.0 Å². The Morgan fingerprint density at radius 2 is 1.65 bits per heavy atom. The third-order valence-electron chi connectivity index (χ3n) is 4.26. The van der Waals surface area contributed by atoms with Gasteiger partial charge in [-0.2, -0.15) is 23.4 Å². The van der Waals surface area contributed by atoms with Crippen LogP contribution in [0.1, 0.15) is 32.8 Å². The Hall–Kier alpha value is -3.28. The summed E-state index contributed by atoms with van der Waals surface area (Å²) in [6.45, 7) is 8.51. The second kappa shape index (κ2) is 9.25. The van der Waals surface area contributed by atoms with Crippen molar-refractivity contribution in [2.45, 2.75) is 45.1 Å². The number of sulfonamides is 1. The van der Waals surface area contributed by atoms with E-state index in [1.807, 2.05) is 39.6 Å². The highest BCUT2D eigenvalue weighted by Crippen LogP contribution is 2.24. The second-order valence-electron chi connectivity index (χ2n) is 7.38. The highest BCUT2D eigenvalue weighted by molar-refractivity contribution is 7.92. The number of anilines is 3. The summed E-state index contributed by atoms with van der Waals surface area (Å²) in [4.78, 5) is 15.2. The molecular formula is C19H27N9O2S. The minimum atomic E-state index is -4.08. The molecule has 31 heavy (non-hydrogen) atoms. The Kier molecular flexibility index (Phi) is 6.68. The Labute approximate surface area is 182 Å². The molecule has 0 aliphatic carbocycles. The molecule has 0 radical (unpaired) electrons. The minimum Gasteiger partial charge on any atom is -0.352 e. The molecule has 1 N–H and O–H groups in total. The molecule has 0 aliphatic rings. The minimum absolute atomic E-state index is 0.0386.